The smallest absolute Gasteiger partial charge is 0.382 e. The first-order valence-electron chi connectivity index (χ1n) is 3.31. The molecule has 0 heterocycles. The summed E-state index contributed by atoms with van der Waals surface area (Å²) in [4.78, 5) is 0. The summed E-state index contributed by atoms with van der Waals surface area (Å²) in [7, 11) is 0. The highest BCUT2D eigenvalue weighted by atomic mass is 19.4. The Morgan fingerprint density at radius 1 is 1.45 bits per heavy atom. The van der Waals surface area contributed by atoms with Crippen LogP contribution >= 0.6 is 0 Å². The maximum Gasteiger partial charge on any atom is 0.416 e. The third-order valence-corrected chi connectivity index (χ3v) is 1.00. The van der Waals surface area contributed by atoms with Crippen LogP contribution in [0.2, 0.25) is 0 Å². The van der Waals surface area contributed by atoms with Crippen molar-refractivity contribution in [3.05, 3.63) is 0 Å². The van der Waals surface area contributed by atoms with Gasteiger partial charge in [0.2, 0.25) is 0 Å². The molecule has 1 unspecified atom stereocenters. The van der Waals surface area contributed by atoms with Crippen LogP contribution in [0, 0.1) is 0 Å². The van der Waals surface area contributed by atoms with Gasteiger partial charge in [-0.3, -0.25) is 0 Å². The Labute approximate surface area is 63.0 Å². The monoisotopic (exact) mass is 172 g/mol. The van der Waals surface area contributed by atoms with Crippen LogP contribution in [0.3, 0.4) is 0 Å². The van der Waals surface area contributed by atoms with E-state index in [-0.39, 0.29) is 6.61 Å². The van der Waals surface area contributed by atoms with Gasteiger partial charge >= 0.3 is 6.18 Å². The van der Waals surface area contributed by atoms with Gasteiger partial charge in [-0.25, -0.2) is 0 Å². The van der Waals surface area contributed by atoms with Gasteiger partial charge in [0.1, 0.15) is 0 Å². The van der Waals surface area contributed by atoms with Crippen LogP contribution in [0.4, 0.5) is 13.2 Å². The Morgan fingerprint density at radius 2 is 2.00 bits per heavy atom. The molecule has 0 spiro atoms. The van der Waals surface area contributed by atoms with Crippen molar-refractivity contribution >= 4 is 0 Å². The van der Waals surface area contributed by atoms with E-state index in [1.54, 1.807) is 6.92 Å². The Balaban J connectivity index is 3.44. The van der Waals surface area contributed by atoms with E-state index >= 15 is 0 Å². The number of rotatable bonds is 4. The van der Waals surface area contributed by atoms with E-state index in [9.17, 15) is 13.2 Å². The summed E-state index contributed by atoms with van der Waals surface area (Å²) in [5, 5.41) is 8.36. The Bertz CT molecular complexity index is 102. The Hall–Kier alpha value is -0.290. The summed E-state index contributed by atoms with van der Waals surface area (Å²) < 4.78 is 39.1. The molecule has 0 aliphatic heterocycles. The lowest BCUT2D eigenvalue weighted by Crippen LogP contribution is -2.33. The van der Waals surface area contributed by atoms with Crippen LogP contribution in [-0.2, 0) is 4.74 Å². The van der Waals surface area contributed by atoms with Gasteiger partial charge in [-0.2, -0.15) is 13.2 Å². The topological polar surface area (TPSA) is 29.5 Å². The molecule has 0 bridgehead atoms. The van der Waals surface area contributed by atoms with E-state index < -0.39 is 18.9 Å². The fraction of sp³-hybridized carbons (Fsp3) is 1.00. The van der Waals surface area contributed by atoms with E-state index in [2.05, 4.69) is 4.74 Å². The number of aliphatic hydroxyl groups excluding tert-OH is 1. The SMILES string of the molecule is CCCOCC(O)C(F)(F)F. The van der Waals surface area contributed by atoms with Crippen molar-refractivity contribution in [2.75, 3.05) is 13.2 Å². The van der Waals surface area contributed by atoms with Crippen LogP contribution in [0.15, 0.2) is 0 Å². The van der Waals surface area contributed by atoms with E-state index in [0.717, 1.165) is 0 Å². The molecule has 1 N–H and O–H groups in total. The number of alkyl halides is 3. The maximum atomic E-state index is 11.5. The second kappa shape index (κ2) is 4.56. The highest BCUT2D eigenvalue weighted by Gasteiger charge is 2.38. The molecule has 0 radical (unpaired) electrons. The molecular weight excluding hydrogens is 161 g/mol. The van der Waals surface area contributed by atoms with Crippen molar-refractivity contribution < 1.29 is 23.0 Å². The van der Waals surface area contributed by atoms with Crippen molar-refractivity contribution in [3.63, 3.8) is 0 Å². The summed E-state index contributed by atoms with van der Waals surface area (Å²) >= 11 is 0. The minimum Gasteiger partial charge on any atom is -0.382 e. The number of aliphatic hydroxyl groups is 1. The predicted molar refractivity (Wildman–Crippen MR) is 33.2 cm³/mol. The number of halogens is 3. The fourth-order valence-corrected chi connectivity index (χ4v) is 0.434. The fourth-order valence-electron chi connectivity index (χ4n) is 0.434. The van der Waals surface area contributed by atoms with Gasteiger partial charge in [-0.1, -0.05) is 6.92 Å². The molecular formula is C6H11F3O2. The first-order chi connectivity index (χ1) is 4.98. The Kier molecular flexibility index (Phi) is 4.44. The van der Waals surface area contributed by atoms with Crippen molar-refractivity contribution in [1.82, 2.24) is 0 Å². The van der Waals surface area contributed by atoms with Crippen molar-refractivity contribution in [2.45, 2.75) is 25.6 Å². The zero-order chi connectivity index (χ0) is 8.91. The van der Waals surface area contributed by atoms with Crippen LogP contribution in [-0.4, -0.2) is 30.6 Å². The molecule has 0 rings (SSSR count). The van der Waals surface area contributed by atoms with Crippen molar-refractivity contribution in [2.24, 2.45) is 0 Å². The lowest BCUT2D eigenvalue weighted by atomic mass is 10.4. The van der Waals surface area contributed by atoms with Crippen molar-refractivity contribution in [3.8, 4) is 0 Å². The molecule has 0 aromatic rings. The minimum absolute atomic E-state index is 0.243. The molecule has 0 fully saturated rings. The van der Waals surface area contributed by atoms with Gasteiger partial charge in [0.05, 0.1) is 6.61 Å². The Morgan fingerprint density at radius 3 is 2.36 bits per heavy atom. The molecule has 0 aliphatic rings. The van der Waals surface area contributed by atoms with E-state index in [1.165, 1.54) is 0 Å². The van der Waals surface area contributed by atoms with Gasteiger partial charge in [0.15, 0.2) is 6.10 Å². The van der Waals surface area contributed by atoms with Crippen LogP contribution in [0.1, 0.15) is 13.3 Å². The maximum absolute atomic E-state index is 11.5. The molecule has 0 aromatic heterocycles. The van der Waals surface area contributed by atoms with Crippen LogP contribution in [0.25, 0.3) is 0 Å². The van der Waals surface area contributed by atoms with Crippen LogP contribution < -0.4 is 0 Å². The normalized spacial score (nSPS) is 15.0. The zero-order valence-corrected chi connectivity index (χ0v) is 6.19. The predicted octanol–water partition coefficient (Wildman–Crippen LogP) is 1.34. The van der Waals surface area contributed by atoms with Gasteiger partial charge in [-0.15, -0.1) is 0 Å². The quantitative estimate of drug-likeness (QED) is 0.648. The average Bonchev–Trinajstić information content (AvgIpc) is 1.86. The largest absolute Gasteiger partial charge is 0.416 e. The molecule has 68 valence electrons. The minimum atomic E-state index is -4.56. The van der Waals surface area contributed by atoms with E-state index in [4.69, 9.17) is 5.11 Å². The highest BCUT2D eigenvalue weighted by Crippen LogP contribution is 2.19. The molecule has 1 atom stereocenters. The molecule has 0 aliphatic carbocycles. The van der Waals surface area contributed by atoms with Gasteiger partial charge in [0, 0.05) is 6.61 Å². The molecule has 0 amide bonds. The summed E-state index contributed by atoms with van der Waals surface area (Å²) in [6.07, 6.45) is -6.27. The van der Waals surface area contributed by atoms with Crippen molar-refractivity contribution in [1.29, 1.82) is 0 Å². The standard InChI is InChI=1S/C6H11F3O2/c1-2-3-11-4-5(10)6(7,8)9/h5,10H,2-4H2,1H3. The highest BCUT2D eigenvalue weighted by molar-refractivity contribution is 4.63. The molecule has 11 heavy (non-hydrogen) atoms. The molecule has 0 saturated carbocycles. The summed E-state index contributed by atoms with van der Waals surface area (Å²) in [6, 6.07) is 0. The lowest BCUT2D eigenvalue weighted by molar-refractivity contribution is -0.217. The third-order valence-electron chi connectivity index (χ3n) is 1.00. The lowest BCUT2D eigenvalue weighted by Gasteiger charge is -2.13. The van der Waals surface area contributed by atoms with Gasteiger partial charge < -0.3 is 9.84 Å². The second-order valence-corrected chi connectivity index (χ2v) is 2.13. The van der Waals surface area contributed by atoms with E-state index in [0.29, 0.717) is 6.42 Å². The first kappa shape index (κ1) is 10.7. The third kappa shape index (κ3) is 5.03. The number of ether oxygens (including phenoxy) is 1. The van der Waals surface area contributed by atoms with Gasteiger partial charge in [-0.05, 0) is 6.42 Å². The summed E-state index contributed by atoms with van der Waals surface area (Å²) in [5.41, 5.74) is 0. The molecule has 2 nitrogen and oxygen atoms in total. The zero-order valence-electron chi connectivity index (χ0n) is 6.19. The second-order valence-electron chi connectivity index (χ2n) is 2.13. The number of hydrogen-bond acceptors (Lipinski definition) is 2. The summed E-state index contributed by atoms with van der Waals surface area (Å²) in [6.45, 7) is 1.35. The molecule has 5 heteroatoms. The molecule has 0 saturated heterocycles. The van der Waals surface area contributed by atoms with E-state index in [1.807, 2.05) is 0 Å². The number of hydrogen-bond donors (Lipinski definition) is 1. The van der Waals surface area contributed by atoms with Gasteiger partial charge in [0.25, 0.3) is 0 Å². The first-order valence-corrected chi connectivity index (χ1v) is 3.31. The molecule has 0 aromatic carbocycles. The summed E-state index contributed by atoms with van der Waals surface area (Å²) in [5.74, 6) is 0. The van der Waals surface area contributed by atoms with Crippen LogP contribution in [0.5, 0.6) is 0 Å². The average molecular weight is 172 g/mol.